The van der Waals surface area contributed by atoms with E-state index < -0.39 is 0 Å². The predicted octanol–water partition coefficient (Wildman–Crippen LogP) is 0.761. The van der Waals surface area contributed by atoms with E-state index in [0.29, 0.717) is 12.6 Å². The van der Waals surface area contributed by atoms with Crippen LogP contribution in [0.25, 0.3) is 0 Å². The van der Waals surface area contributed by atoms with Gasteiger partial charge in [0.05, 0.1) is 24.9 Å². The van der Waals surface area contributed by atoms with Crippen LogP contribution in [0.15, 0.2) is 0 Å². The van der Waals surface area contributed by atoms with Gasteiger partial charge in [0.25, 0.3) is 0 Å². The maximum atomic E-state index is 8.97. The molecule has 0 radical (unpaired) electrons. The van der Waals surface area contributed by atoms with Crippen molar-refractivity contribution in [2.45, 2.75) is 45.9 Å². The lowest BCUT2D eigenvalue weighted by molar-refractivity contribution is 0.110. The molecule has 1 unspecified atom stereocenters. The number of nitrogens with zero attached hydrogens (tertiary/aromatic N) is 2. The summed E-state index contributed by atoms with van der Waals surface area (Å²) < 4.78 is 7.45. The minimum atomic E-state index is 0.130. The van der Waals surface area contributed by atoms with Crippen molar-refractivity contribution in [3.63, 3.8) is 0 Å². The Bertz CT molecular complexity index is 384. The Morgan fingerprint density at radius 3 is 3.00 bits per heavy atom. The molecule has 2 rings (SSSR count). The molecule has 5 heteroatoms. The molecule has 5 nitrogen and oxygen atoms in total. The summed E-state index contributed by atoms with van der Waals surface area (Å²) in [5, 5.41) is 16.8. The lowest BCUT2D eigenvalue weighted by Crippen LogP contribution is -2.26. The highest BCUT2D eigenvalue weighted by Gasteiger charge is 2.16. The summed E-state index contributed by atoms with van der Waals surface area (Å²) in [5.41, 5.74) is 3.42. The number of aryl methyl sites for hydroxylation is 1. The van der Waals surface area contributed by atoms with Gasteiger partial charge in [-0.05, 0) is 26.7 Å². The standard InChI is InChI=1S/C13H23N3O2/c1-10-13(11(2)16(15-10)5-6-17)9-14-8-12-4-3-7-18-12/h12,14,17H,3-9H2,1-2H3. The topological polar surface area (TPSA) is 59.3 Å². The van der Waals surface area contributed by atoms with Gasteiger partial charge in [-0.3, -0.25) is 4.68 Å². The Hall–Kier alpha value is -0.910. The summed E-state index contributed by atoms with van der Waals surface area (Å²) in [4.78, 5) is 0. The van der Waals surface area contributed by atoms with Crippen LogP contribution < -0.4 is 5.32 Å². The van der Waals surface area contributed by atoms with Gasteiger partial charge in [0.1, 0.15) is 0 Å². The third-order valence-electron chi connectivity index (χ3n) is 3.54. The summed E-state index contributed by atoms with van der Waals surface area (Å²) in [6.07, 6.45) is 2.71. The van der Waals surface area contributed by atoms with Gasteiger partial charge in [0, 0.05) is 31.0 Å². The molecular formula is C13H23N3O2. The number of aromatic nitrogens is 2. The molecule has 0 aliphatic carbocycles. The van der Waals surface area contributed by atoms with E-state index in [4.69, 9.17) is 9.84 Å². The van der Waals surface area contributed by atoms with Crippen LogP contribution in [0.4, 0.5) is 0 Å². The first-order chi connectivity index (χ1) is 8.72. The molecule has 0 aromatic carbocycles. The fourth-order valence-electron chi connectivity index (χ4n) is 2.47. The van der Waals surface area contributed by atoms with Crippen LogP contribution in [-0.2, 0) is 17.8 Å². The average Bonchev–Trinajstić information content (AvgIpc) is 2.93. The quantitative estimate of drug-likeness (QED) is 0.786. The molecule has 1 aliphatic rings. The fourth-order valence-corrected chi connectivity index (χ4v) is 2.47. The van der Waals surface area contributed by atoms with E-state index in [1.807, 2.05) is 11.6 Å². The molecule has 1 aromatic heterocycles. The molecule has 0 saturated carbocycles. The molecule has 1 saturated heterocycles. The van der Waals surface area contributed by atoms with E-state index in [9.17, 15) is 0 Å². The van der Waals surface area contributed by atoms with Gasteiger partial charge in [0.2, 0.25) is 0 Å². The Labute approximate surface area is 108 Å². The first-order valence-corrected chi connectivity index (χ1v) is 6.68. The molecule has 2 N–H and O–H groups in total. The molecule has 2 heterocycles. The molecule has 1 fully saturated rings. The first-order valence-electron chi connectivity index (χ1n) is 6.68. The van der Waals surface area contributed by atoms with Gasteiger partial charge in [-0.2, -0.15) is 5.10 Å². The van der Waals surface area contributed by atoms with Crippen molar-refractivity contribution in [1.82, 2.24) is 15.1 Å². The van der Waals surface area contributed by atoms with Crippen LogP contribution in [0.3, 0.4) is 0 Å². The van der Waals surface area contributed by atoms with Gasteiger partial charge in [-0.25, -0.2) is 0 Å². The van der Waals surface area contributed by atoms with E-state index in [1.54, 1.807) is 0 Å². The molecule has 0 bridgehead atoms. The molecule has 0 spiro atoms. The van der Waals surface area contributed by atoms with Crippen molar-refractivity contribution in [1.29, 1.82) is 0 Å². The SMILES string of the molecule is Cc1nn(CCO)c(C)c1CNCC1CCCO1. The zero-order chi connectivity index (χ0) is 13.0. The molecule has 18 heavy (non-hydrogen) atoms. The summed E-state index contributed by atoms with van der Waals surface area (Å²) in [6.45, 7) is 7.40. The Morgan fingerprint density at radius 1 is 1.50 bits per heavy atom. The molecule has 1 aliphatic heterocycles. The lowest BCUT2D eigenvalue weighted by Gasteiger charge is -2.11. The third-order valence-corrected chi connectivity index (χ3v) is 3.54. The van der Waals surface area contributed by atoms with Crippen LogP contribution in [0, 0.1) is 13.8 Å². The highest BCUT2D eigenvalue weighted by Crippen LogP contribution is 2.14. The molecule has 102 valence electrons. The lowest BCUT2D eigenvalue weighted by atomic mass is 10.2. The number of hydrogen-bond acceptors (Lipinski definition) is 4. The number of ether oxygens (including phenoxy) is 1. The summed E-state index contributed by atoms with van der Waals surface area (Å²) in [5.74, 6) is 0. The van der Waals surface area contributed by atoms with Crippen molar-refractivity contribution in [2.75, 3.05) is 19.8 Å². The van der Waals surface area contributed by atoms with E-state index in [0.717, 1.165) is 37.5 Å². The van der Waals surface area contributed by atoms with Gasteiger partial charge in [-0.1, -0.05) is 0 Å². The normalized spacial score (nSPS) is 19.6. The molecule has 1 atom stereocenters. The van der Waals surface area contributed by atoms with E-state index in [1.165, 1.54) is 12.0 Å². The second-order valence-electron chi connectivity index (χ2n) is 4.86. The monoisotopic (exact) mass is 253 g/mol. The van der Waals surface area contributed by atoms with Crippen molar-refractivity contribution >= 4 is 0 Å². The first kappa shape index (κ1) is 13.5. The van der Waals surface area contributed by atoms with Crippen LogP contribution in [-0.4, -0.2) is 40.7 Å². The minimum Gasteiger partial charge on any atom is -0.394 e. The van der Waals surface area contributed by atoms with Crippen molar-refractivity contribution in [2.24, 2.45) is 0 Å². The number of aliphatic hydroxyl groups excluding tert-OH is 1. The Balaban J connectivity index is 1.87. The minimum absolute atomic E-state index is 0.130. The second-order valence-corrected chi connectivity index (χ2v) is 4.86. The Morgan fingerprint density at radius 2 is 2.33 bits per heavy atom. The van der Waals surface area contributed by atoms with Gasteiger partial charge in [-0.15, -0.1) is 0 Å². The van der Waals surface area contributed by atoms with Crippen molar-refractivity contribution in [3.8, 4) is 0 Å². The van der Waals surface area contributed by atoms with Crippen LogP contribution in [0.2, 0.25) is 0 Å². The maximum absolute atomic E-state index is 8.97. The van der Waals surface area contributed by atoms with Crippen molar-refractivity contribution < 1.29 is 9.84 Å². The number of hydrogen-bond donors (Lipinski definition) is 2. The zero-order valence-corrected chi connectivity index (χ0v) is 11.3. The maximum Gasteiger partial charge on any atom is 0.0700 e. The average molecular weight is 253 g/mol. The van der Waals surface area contributed by atoms with E-state index in [-0.39, 0.29) is 6.61 Å². The van der Waals surface area contributed by atoms with Crippen LogP contribution in [0.1, 0.15) is 29.8 Å². The van der Waals surface area contributed by atoms with E-state index in [2.05, 4.69) is 17.3 Å². The highest BCUT2D eigenvalue weighted by atomic mass is 16.5. The summed E-state index contributed by atoms with van der Waals surface area (Å²) in [7, 11) is 0. The number of rotatable bonds is 6. The molecule has 0 amide bonds. The smallest absolute Gasteiger partial charge is 0.0700 e. The zero-order valence-electron chi connectivity index (χ0n) is 11.3. The number of aliphatic hydroxyl groups is 1. The third kappa shape index (κ3) is 3.10. The van der Waals surface area contributed by atoms with Crippen LogP contribution >= 0.6 is 0 Å². The molecule has 1 aromatic rings. The second kappa shape index (κ2) is 6.31. The predicted molar refractivity (Wildman–Crippen MR) is 69.5 cm³/mol. The van der Waals surface area contributed by atoms with Crippen LogP contribution in [0.5, 0.6) is 0 Å². The van der Waals surface area contributed by atoms with Gasteiger partial charge < -0.3 is 15.2 Å². The largest absolute Gasteiger partial charge is 0.394 e. The molecular weight excluding hydrogens is 230 g/mol. The fraction of sp³-hybridized carbons (Fsp3) is 0.769. The number of nitrogens with one attached hydrogen (secondary N) is 1. The summed E-state index contributed by atoms with van der Waals surface area (Å²) >= 11 is 0. The van der Waals surface area contributed by atoms with Gasteiger partial charge >= 0.3 is 0 Å². The summed E-state index contributed by atoms with van der Waals surface area (Å²) in [6, 6.07) is 0. The van der Waals surface area contributed by atoms with Crippen molar-refractivity contribution in [3.05, 3.63) is 17.0 Å². The van der Waals surface area contributed by atoms with E-state index >= 15 is 0 Å². The van der Waals surface area contributed by atoms with Gasteiger partial charge in [0.15, 0.2) is 0 Å². The Kier molecular flexibility index (Phi) is 4.74. The highest BCUT2D eigenvalue weighted by molar-refractivity contribution is 5.24.